The number of aryl methyl sites for hydroxylation is 1. The maximum absolute atomic E-state index is 11.7. The summed E-state index contributed by atoms with van der Waals surface area (Å²) >= 11 is 0. The van der Waals surface area contributed by atoms with E-state index < -0.39 is 5.97 Å². The molecule has 5 rings (SSSR count). The van der Waals surface area contributed by atoms with Crippen molar-refractivity contribution < 1.29 is 14.6 Å². The molecule has 1 fully saturated rings. The number of hydrogen-bond acceptors (Lipinski definition) is 7. The first-order valence-corrected chi connectivity index (χ1v) is 12.4. The molecular weight excluding hydrogens is 478 g/mol. The molecule has 2 N–H and O–H groups in total. The molecule has 38 heavy (non-hydrogen) atoms. The van der Waals surface area contributed by atoms with Crippen molar-refractivity contribution in [3.05, 3.63) is 83.2 Å². The molecule has 4 aromatic rings. The highest BCUT2D eigenvalue weighted by Crippen LogP contribution is 2.34. The average molecular weight is 508 g/mol. The number of nitrogens with one attached hydrogen (secondary N) is 1. The second kappa shape index (κ2) is 9.77. The van der Waals surface area contributed by atoms with Gasteiger partial charge < -0.3 is 20.1 Å². The van der Waals surface area contributed by atoms with Gasteiger partial charge in [-0.2, -0.15) is 5.26 Å². The van der Waals surface area contributed by atoms with Crippen LogP contribution in [0.15, 0.2) is 60.8 Å². The Kier molecular flexibility index (Phi) is 6.47. The van der Waals surface area contributed by atoms with Gasteiger partial charge in [-0.3, -0.25) is 0 Å². The van der Waals surface area contributed by atoms with Crippen molar-refractivity contribution in [1.82, 2.24) is 9.97 Å². The second-order valence-electron chi connectivity index (χ2n) is 10.0. The highest BCUT2D eigenvalue weighted by atomic mass is 16.5. The molecule has 1 aliphatic heterocycles. The fourth-order valence-corrected chi connectivity index (χ4v) is 5.00. The van der Waals surface area contributed by atoms with Gasteiger partial charge in [0.05, 0.1) is 16.7 Å². The summed E-state index contributed by atoms with van der Waals surface area (Å²) in [5, 5.41) is 23.8. The minimum Gasteiger partial charge on any atom is -0.478 e. The van der Waals surface area contributed by atoms with E-state index in [2.05, 4.69) is 34.3 Å². The highest BCUT2D eigenvalue weighted by Gasteiger charge is 2.39. The Morgan fingerprint density at radius 1 is 1.21 bits per heavy atom. The molecule has 3 heterocycles. The van der Waals surface area contributed by atoms with E-state index in [0.29, 0.717) is 22.5 Å². The van der Waals surface area contributed by atoms with E-state index in [1.807, 2.05) is 38.1 Å². The van der Waals surface area contributed by atoms with Crippen LogP contribution in [0.5, 0.6) is 0 Å². The van der Waals surface area contributed by atoms with Gasteiger partial charge in [-0.1, -0.05) is 18.2 Å². The number of carboxylic acids is 1. The number of aromatic nitrogens is 2. The average Bonchev–Trinajstić information content (AvgIpc) is 2.90. The summed E-state index contributed by atoms with van der Waals surface area (Å²) in [6, 6.07) is 18.8. The molecule has 2 aromatic heterocycles. The Morgan fingerprint density at radius 2 is 1.97 bits per heavy atom. The molecule has 8 heteroatoms. The smallest absolute Gasteiger partial charge is 0.337 e. The molecule has 2 aromatic carbocycles. The van der Waals surface area contributed by atoms with Crippen LogP contribution >= 0.6 is 0 Å². The zero-order valence-electron chi connectivity index (χ0n) is 21.8. The number of anilines is 2. The van der Waals surface area contributed by atoms with Crippen molar-refractivity contribution in [3.8, 4) is 17.2 Å². The van der Waals surface area contributed by atoms with Gasteiger partial charge in [-0.25, -0.2) is 14.8 Å². The summed E-state index contributed by atoms with van der Waals surface area (Å²) < 4.78 is 5.54. The number of ether oxygens (including phenoxy) is 1. The standard InChI is InChI=1S/C30H29N5O3/c1-18-11-22(19(2)33-25-8-6-5-7-21(25)29(36)37)24-13-23(27(14-31)34-26(24)12-18)20-9-10-28(32-15-20)35-16-30(3,17-35)38-4/h5-13,15,19,33H,16-17H2,1-4H3,(H,36,37). The Labute approximate surface area is 221 Å². The van der Waals surface area contributed by atoms with Crippen LogP contribution in [-0.4, -0.2) is 46.8 Å². The number of benzene rings is 2. The monoisotopic (exact) mass is 507 g/mol. The Hall–Kier alpha value is -4.48. The molecule has 192 valence electrons. The summed E-state index contributed by atoms with van der Waals surface area (Å²) in [6.45, 7) is 7.59. The van der Waals surface area contributed by atoms with Crippen LogP contribution in [0.3, 0.4) is 0 Å². The maximum atomic E-state index is 11.7. The van der Waals surface area contributed by atoms with Crippen molar-refractivity contribution in [3.63, 3.8) is 0 Å². The number of rotatable bonds is 7. The van der Waals surface area contributed by atoms with Gasteiger partial charge in [0, 0.05) is 54.6 Å². The largest absolute Gasteiger partial charge is 0.478 e. The first kappa shape index (κ1) is 25.2. The van der Waals surface area contributed by atoms with Gasteiger partial charge in [0.1, 0.15) is 17.6 Å². The van der Waals surface area contributed by atoms with Gasteiger partial charge in [0.25, 0.3) is 0 Å². The van der Waals surface area contributed by atoms with Crippen molar-refractivity contribution in [2.45, 2.75) is 32.4 Å². The fourth-order valence-electron chi connectivity index (χ4n) is 5.00. The van der Waals surface area contributed by atoms with E-state index >= 15 is 0 Å². The SMILES string of the molecule is COC1(C)CN(c2ccc(-c3cc4c(C(C)Nc5ccccc5C(=O)O)cc(C)cc4nc3C#N)cn2)C1. The van der Waals surface area contributed by atoms with Gasteiger partial charge in [0.15, 0.2) is 0 Å². The van der Waals surface area contributed by atoms with Gasteiger partial charge in [-0.15, -0.1) is 0 Å². The molecule has 1 atom stereocenters. The lowest BCUT2D eigenvalue weighted by Gasteiger charge is -2.47. The zero-order valence-corrected chi connectivity index (χ0v) is 21.8. The predicted molar refractivity (Wildman–Crippen MR) is 147 cm³/mol. The summed E-state index contributed by atoms with van der Waals surface area (Å²) in [5.41, 5.74) is 5.11. The minimum absolute atomic E-state index is 0.152. The molecule has 0 amide bonds. The Morgan fingerprint density at radius 3 is 2.63 bits per heavy atom. The first-order chi connectivity index (χ1) is 18.2. The van der Waals surface area contributed by atoms with Gasteiger partial charge in [-0.05, 0) is 68.3 Å². The number of fused-ring (bicyclic) bond motifs is 1. The normalized spacial score (nSPS) is 15.0. The number of methoxy groups -OCH3 is 1. The third kappa shape index (κ3) is 4.64. The topological polar surface area (TPSA) is 111 Å². The van der Waals surface area contributed by atoms with Crippen molar-refractivity contribution in [2.24, 2.45) is 0 Å². The van der Waals surface area contributed by atoms with Crippen LogP contribution in [0, 0.1) is 18.3 Å². The molecule has 0 bridgehead atoms. The summed E-state index contributed by atoms with van der Waals surface area (Å²) in [6.07, 6.45) is 1.78. The van der Waals surface area contributed by atoms with E-state index in [1.165, 1.54) is 0 Å². The number of nitriles is 1. The fraction of sp³-hybridized carbons (Fsp3) is 0.267. The zero-order chi connectivity index (χ0) is 27.0. The molecule has 8 nitrogen and oxygen atoms in total. The van der Waals surface area contributed by atoms with Crippen molar-refractivity contribution in [1.29, 1.82) is 5.26 Å². The first-order valence-electron chi connectivity index (χ1n) is 12.4. The van der Waals surface area contributed by atoms with Gasteiger partial charge in [0.2, 0.25) is 0 Å². The minimum atomic E-state index is -0.988. The van der Waals surface area contributed by atoms with Crippen molar-refractivity contribution in [2.75, 3.05) is 30.4 Å². The number of carboxylic acid groups (broad SMARTS) is 1. The van der Waals surface area contributed by atoms with Crippen LogP contribution < -0.4 is 10.2 Å². The lowest BCUT2D eigenvalue weighted by atomic mass is 9.95. The van der Waals surface area contributed by atoms with E-state index in [-0.39, 0.29) is 17.2 Å². The number of para-hydroxylation sites is 1. The molecular formula is C30H29N5O3. The molecule has 0 spiro atoms. The van der Waals surface area contributed by atoms with Crippen LogP contribution in [0.4, 0.5) is 11.5 Å². The van der Waals surface area contributed by atoms with E-state index in [0.717, 1.165) is 41.0 Å². The summed E-state index contributed by atoms with van der Waals surface area (Å²) in [4.78, 5) is 23.2. The molecule has 0 saturated carbocycles. The van der Waals surface area contributed by atoms with Crippen LogP contribution in [0.25, 0.3) is 22.0 Å². The number of pyridine rings is 2. The predicted octanol–water partition coefficient (Wildman–Crippen LogP) is 5.57. The van der Waals surface area contributed by atoms with Gasteiger partial charge >= 0.3 is 5.97 Å². The number of carbonyl (C=O) groups is 1. The van der Waals surface area contributed by atoms with E-state index in [4.69, 9.17) is 9.72 Å². The third-order valence-electron chi connectivity index (χ3n) is 7.14. The highest BCUT2D eigenvalue weighted by molar-refractivity contribution is 5.94. The second-order valence-corrected chi connectivity index (χ2v) is 10.0. The Balaban J connectivity index is 1.52. The molecule has 0 aliphatic carbocycles. The van der Waals surface area contributed by atoms with E-state index in [9.17, 15) is 15.2 Å². The van der Waals surface area contributed by atoms with Crippen LogP contribution in [0.2, 0.25) is 0 Å². The number of hydrogen-bond donors (Lipinski definition) is 2. The van der Waals surface area contributed by atoms with Crippen LogP contribution in [0.1, 0.15) is 47.1 Å². The Bertz CT molecular complexity index is 1570. The third-order valence-corrected chi connectivity index (χ3v) is 7.14. The molecule has 1 unspecified atom stereocenters. The number of nitrogens with zero attached hydrogens (tertiary/aromatic N) is 4. The lowest BCUT2D eigenvalue weighted by Crippen LogP contribution is -2.61. The molecule has 0 radical (unpaired) electrons. The lowest BCUT2D eigenvalue weighted by molar-refractivity contribution is -0.0171. The summed E-state index contributed by atoms with van der Waals surface area (Å²) in [5.74, 6) is -0.125. The number of aromatic carboxylic acids is 1. The molecule has 1 saturated heterocycles. The quantitative estimate of drug-likeness (QED) is 0.334. The van der Waals surface area contributed by atoms with Crippen molar-refractivity contribution >= 4 is 28.4 Å². The molecule has 1 aliphatic rings. The van der Waals surface area contributed by atoms with E-state index in [1.54, 1.807) is 37.6 Å². The maximum Gasteiger partial charge on any atom is 0.337 e. The summed E-state index contributed by atoms with van der Waals surface area (Å²) in [7, 11) is 1.72. The van der Waals surface area contributed by atoms with Crippen LogP contribution in [-0.2, 0) is 4.74 Å².